The lowest BCUT2D eigenvalue weighted by Crippen LogP contribution is -2.31. The summed E-state index contributed by atoms with van der Waals surface area (Å²) in [6.07, 6.45) is 1.47. The fourth-order valence-electron chi connectivity index (χ4n) is 3.45. The minimum Gasteiger partial charge on any atom is -0.497 e. The summed E-state index contributed by atoms with van der Waals surface area (Å²) in [6, 6.07) is 14.9. The minimum atomic E-state index is -0.507. The molecule has 0 amide bonds. The number of ether oxygens (including phenoxy) is 4. The van der Waals surface area contributed by atoms with Crippen LogP contribution in [0.4, 0.5) is 0 Å². The second kappa shape index (κ2) is 11.1. The molecule has 0 aliphatic heterocycles. The van der Waals surface area contributed by atoms with Crippen LogP contribution in [0.3, 0.4) is 0 Å². The van der Waals surface area contributed by atoms with Crippen LogP contribution in [0.25, 0.3) is 5.69 Å². The van der Waals surface area contributed by atoms with E-state index in [-0.39, 0.29) is 13.1 Å². The van der Waals surface area contributed by atoms with E-state index in [1.165, 1.54) is 20.4 Å². The average Bonchev–Trinajstić information content (AvgIpc) is 3.27. The molecule has 0 bridgehead atoms. The molecule has 0 saturated heterocycles. The first-order chi connectivity index (χ1) is 16.0. The molecule has 2 aromatic carbocycles. The summed E-state index contributed by atoms with van der Waals surface area (Å²) in [4.78, 5) is 26.5. The third-order valence-electron chi connectivity index (χ3n) is 5.12. The van der Waals surface area contributed by atoms with E-state index in [4.69, 9.17) is 18.9 Å². The maximum absolute atomic E-state index is 12.4. The highest BCUT2D eigenvalue weighted by Crippen LogP contribution is 2.27. The summed E-state index contributed by atoms with van der Waals surface area (Å²) in [5, 5.41) is 4.40. The summed E-state index contributed by atoms with van der Waals surface area (Å²) < 4.78 is 22.3. The zero-order valence-corrected chi connectivity index (χ0v) is 19.1. The van der Waals surface area contributed by atoms with Crippen LogP contribution < -0.4 is 9.47 Å². The molecule has 0 atom stereocenters. The molecule has 0 aliphatic rings. The quantitative estimate of drug-likeness (QED) is 0.433. The topological polar surface area (TPSA) is 92.1 Å². The first kappa shape index (κ1) is 23.8. The normalized spacial score (nSPS) is 10.7. The summed E-state index contributed by atoms with van der Waals surface area (Å²) in [5.74, 6) is 0.360. The fourth-order valence-corrected chi connectivity index (χ4v) is 3.45. The maximum atomic E-state index is 12.4. The molecule has 0 spiro atoms. The largest absolute Gasteiger partial charge is 0.497 e. The number of methoxy groups -OCH3 is 4. The van der Waals surface area contributed by atoms with Gasteiger partial charge in [0.05, 0.1) is 52.6 Å². The first-order valence-electron chi connectivity index (χ1n) is 10.2. The average molecular weight is 453 g/mol. The van der Waals surface area contributed by atoms with Crippen LogP contribution >= 0.6 is 0 Å². The molecular formula is C24H27N3O6. The van der Waals surface area contributed by atoms with Gasteiger partial charge < -0.3 is 18.9 Å². The molecule has 3 rings (SSSR count). The molecule has 0 saturated carbocycles. The molecule has 174 valence electrons. The van der Waals surface area contributed by atoms with Crippen LogP contribution in [0.2, 0.25) is 0 Å². The predicted molar refractivity (Wildman–Crippen MR) is 121 cm³/mol. The smallest absolute Gasteiger partial charge is 0.341 e. The van der Waals surface area contributed by atoms with E-state index in [1.807, 2.05) is 47.4 Å². The van der Waals surface area contributed by atoms with Gasteiger partial charge in [-0.2, -0.15) is 5.10 Å². The molecule has 0 unspecified atom stereocenters. The van der Waals surface area contributed by atoms with Crippen molar-refractivity contribution in [1.29, 1.82) is 0 Å². The van der Waals surface area contributed by atoms with E-state index in [2.05, 4.69) is 5.10 Å². The van der Waals surface area contributed by atoms with Gasteiger partial charge >= 0.3 is 11.9 Å². The van der Waals surface area contributed by atoms with Crippen molar-refractivity contribution in [2.75, 3.05) is 35.0 Å². The number of aromatic nitrogens is 2. The standard InChI is InChI=1S/C24H27N3O6/c1-30-19-11-10-17(22(12-19)31-2)14-26(16-23(28)32-3)15-21-20(24(29)33-4)13-25-27(21)18-8-6-5-7-9-18/h5-13H,14-16H2,1-4H3. The molecule has 0 radical (unpaired) electrons. The van der Waals surface area contributed by atoms with Crippen molar-refractivity contribution in [2.45, 2.75) is 13.1 Å². The molecule has 1 heterocycles. The minimum absolute atomic E-state index is 0.00767. The highest BCUT2D eigenvalue weighted by Gasteiger charge is 2.23. The van der Waals surface area contributed by atoms with Gasteiger partial charge in [-0.25, -0.2) is 9.48 Å². The zero-order chi connectivity index (χ0) is 23.8. The van der Waals surface area contributed by atoms with Gasteiger partial charge in [-0.15, -0.1) is 0 Å². The first-order valence-corrected chi connectivity index (χ1v) is 10.2. The summed E-state index contributed by atoms with van der Waals surface area (Å²) in [5.41, 5.74) is 2.53. The van der Waals surface area contributed by atoms with Gasteiger partial charge in [0.1, 0.15) is 17.1 Å². The Bertz CT molecular complexity index is 1100. The van der Waals surface area contributed by atoms with Gasteiger partial charge in [-0.05, 0) is 18.2 Å². The number of carbonyl (C=O) groups is 2. The Hall–Kier alpha value is -3.85. The molecule has 0 fully saturated rings. The summed E-state index contributed by atoms with van der Waals surface area (Å²) in [6.45, 7) is 0.568. The Morgan fingerprint density at radius 3 is 2.33 bits per heavy atom. The lowest BCUT2D eigenvalue weighted by Gasteiger charge is -2.23. The van der Waals surface area contributed by atoms with E-state index in [1.54, 1.807) is 25.0 Å². The lowest BCUT2D eigenvalue weighted by molar-refractivity contribution is -0.142. The van der Waals surface area contributed by atoms with E-state index in [0.717, 1.165) is 11.3 Å². The summed E-state index contributed by atoms with van der Waals surface area (Å²) >= 11 is 0. The Labute approximate surface area is 192 Å². The second-order valence-electron chi connectivity index (χ2n) is 7.14. The van der Waals surface area contributed by atoms with Gasteiger partial charge in [0.2, 0.25) is 0 Å². The molecule has 33 heavy (non-hydrogen) atoms. The number of rotatable bonds is 10. The number of hydrogen-bond acceptors (Lipinski definition) is 8. The van der Waals surface area contributed by atoms with Crippen molar-refractivity contribution in [3.8, 4) is 17.2 Å². The van der Waals surface area contributed by atoms with Gasteiger partial charge in [-0.1, -0.05) is 24.3 Å². The third-order valence-corrected chi connectivity index (χ3v) is 5.12. The van der Waals surface area contributed by atoms with Crippen molar-refractivity contribution in [3.63, 3.8) is 0 Å². The number of benzene rings is 2. The molecule has 9 heteroatoms. The van der Waals surface area contributed by atoms with Crippen LogP contribution in [0.1, 0.15) is 21.6 Å². The number of nitrogens with zero attached hydrogens (tertiary/aromatic N) is 3. The van der Waals surface area contributed by atoms with Crippen LogP contribution in [0.5, 0.6) is 11.5 Å². The highest BCUT2D eigenvalue weighted by atomic mass is 16.5. The van der Waals surface area contributed by atoms with Crippen LogP contribution in [0, 0.1) is 0 Å². The van der Waals surface area contributed by atoms with Gasteiger partial charge in [0, 0.05) is 24.7 Å². The third kappa shape index (κ3) is 5.69. The van der Waals surface area contributed by atoms with Crippen molar-refractivity contribution < 1.29 is 28.5 Å². The number of hydrogen-bond donors (Lipinski definition) is 0. The molecular weight excluding hydrogens is 426 g/mol. The van der Waals surface area contributed by atoms with Crippen molar-refractivity contribution in [1.82, 2.24) is 14.7 Å². The second-order valence-corrected chi connectivity index (χ2v) is 7.14. The van der Waals surface area contributed by atoms with E-state index in [9.17, 15) is 9.59 Å². The Morgan fingerprint density at radius 1 is 0.939 bits per heavy atom. The van der Waals surface area contributed by atoms with Crippen LogP contribution in [-0.2, 0) is 27.4 Å². The molecule has 0 aliphatic carbocycles. The van der Waals surface area contributed by atoms with Crippen molar-refractivity contribution in [2.24, 2.45) is 0 Å². The molecule has 1 aromatic heterocycles. The zero-order valence-electron chi connectivity index (χ0n) is 19.1. The highest BCUT2D eigenvalue weighted by molar-refractivity contribution is 5.90. The Kier molecular flexibility index (Phi) is 8.04. The lowest BCUT2D eigenvalue weighted by atomic mass is 10.1. The predicted octanol–water partition coefficient (Wildman–Crippen LogP) is 2.85. The van der Waals surface area contributed by atoms with Crippen molar-refractivity contribution in [3.05, 3.63) is 71.5 Å². The molecule has 0 N–H and O–H groups in total. The van der Waals surface area contributed by atoms with E-state index in [0.29, 0.717) is 29.3 Å². The Morgan fingerprint density at radius 2 is 1.70 bits per heavy atom. The van der Waals surface area contributed by atoms with Gasteiger partial charge in [0.25, 0.3) is 0 Å². The van der Waals surface area contributed by atoms with E-state index >= 15 is 0 Å². The van der Waals surface area contributed by atoms with Crippen LogP contribution in [-0.4, -0.2) is 61.6 Å². The number of para-hydroxylation sites is 1. The summed E-state index contributed by atoms with van der Waals surface area (Å²) in [7, 11) is 5.81. The number of esters is 2. The van der Waals surface area contributed by atoms with Gasteiger partial charge in [-0.3, -0.25) is 9.69 Å². The van der Waals surface area contributed by atoms with E-state index < -0.39 is 11.9 Å². The molecule has 9 nitrogen and oxygen atoms in total. The Balaban J connectivity index is 2.00. The van der Waals surface area contributed by atoms with Gasteiger partial charge in [0.15, 0.2) is 0 Å². The SMILES string of the molecule is COC(=O)CN(Cc1ccc(OC)cc1OC)Cc1c(C(=O)OC)cnn1-c1ccccc1. The van der Waals surface area contributed by atoms with Crippen LogP contribution in [0.15, 0.2) is 54.7 Å². The van der Waals surface area contributed by atoms with Crippen molar-refractivity contribution >= 4 is 11.9 Å². The fraction of sp³-hybridized carbons (Fsp3) is 0.292. The number of carbonyl (C=O) groups excluding carboxylic acids is 2. The molecule has 3 aromatic rings. The monoisotopic (exact) mass is 453 g/mol. The maximum Gasteiger partial charge on any atom is 0.341 e.